The van der Waals surface area contributed by atoms with Crippen LogP contribution in [0.15, 0.2) is 47.4 Å². The predicted molar refractivity (Wildman–Crippen MR) is 95.5 cm³/mol. The first-order valence-electron chi connectivity index (χ1n) is 7.47. The molecule has 132 valence electrons. The van der Waals surface area contributed by atoms with Crippen molar-refractivity contribution in [3.05, 3.63) is 78.6 Å². The van der Waals surface area contributed by atoms with E-state index in [-0.39, 0.29) is 17.2 Å². The fraction of sp³-hybridized carbons (Fsp3) is 0.125. The topological polar surface area (TPSA) is 120 Å². The van der Waals surface area contributed by atoms with E-state index in [0.717, 1.165) is 39.8 Å². The molecule has 0 bridgehead atoms. The van der Waals surface area contributed by atoms with Crippen LogP contribution in [0.1, 0.15) is 20.4 Å². The Kier molecular flexibility index (Phi) is 4.85. The van der Waals surface area contributed by atoms with E-state index in [4.69, 9.17) is 0 Å². The number of anilines is 1. The first-order valence-corrected chi connectivity index (χ1v) is 8.29. The molecule has 26 heavy (non-hydrogen) atoms. The van der Waals surface area contributed by atoms with Crippen molar-refractivity contribution in [2.24, 2.45) is 0 Å². The highest BCUT2D eigenvalue weighted by Crippen LogP contribution is 2.15. The van der Waals surface area contributed by atoms with Crippen molar-refractivity contribution in [3.8, 4) is 0 Å². The zero-order valence-corrected chi connectivity index (χ0v) is 14.4. The summed E-state index contributed by atoms with van der Waals surface area (Å²) in [5, 5.41) is 21.8. The van der Waals surface area contributed by atoms with Crippen molar-refractivity contribution in [1.29, 1.82) is 0 Å². The number of carbonyl (C=O) groups excluding carboxylic acids is 1. The third-order valence-electron chi connectivity index (χ3n) is 3.45. The van der Waals surface area contributed by atoms with Crippen LogP contribution in [0, 0.1) is 17.0 Å². The van der Waals surface area contributed by atoms with E-state index in [1.165, 1.54) is 0 Å². The number of carbonyl (C=O) groups is 1. The normalized spacial score (nSPS) is 10.5. The van der Waals surface area contributed by atoms with E-state index in [1.807, 2.05) is 19.1 Å². The summed E-state index contributed by atoms with van der Waals surface area (Å²) in [5.74, 6) is -0.413. The minimum absolute atomic E-state index is 0.00398. The molecule has 0 aliphatic carbocycles. The fourth-order valence-electron chi connectivity index (χ4n) is 2.13. The molecule has 3 aromatic rings. The lowest BCUT2D eigenvalue weighted by Gasteiger charge is -2.02. The molecule has 0 atom stereocenters. The molecule has 0 unspecified atom stereocenters. The number of nitrogens with one attached hydrogen (secondary N) is 1. The predicted octanol–water partition coefficient (Wildman–Crippen LogP) is 2.22. The van der Waals surface area contributed by atoms with Gasteiger partial charge >= 0.3 is 0 Å². The Morgan fingerprint density at radius 3 is 2.65 bits per heavy atom. The van der Waals surface area contributed by atoms with Crippen LogP contribution in [0.2, 0.25) is 0 Å². The lowest BCUT2D eigenvalue weighted by atomic mass is 10.2. The first kappa shape index (κ1) is 17.4. The van der Waals surface area contributed by atoms with Gasteiger partial charge in [0.1, 0.15) is 5.01 Å². The molecule has 1 amide bonds. The van der Waals surface area contributed by atoms with Gasteiger partial charge in [0, 0.05) is 17.8 Å². The highest BCUT2D eigenvalue weighted by Gasteiger charge is 2.15. The number of hydrogen-bond donors (Lipinski definition) is 1. The molecule has 0 radical (unpaired) electrons. The maximum atomic E-state index is 12.2. The van der Waals surface area contributed by atoms with Gasteiger partial charge in [-0.05, 0) is 19.1 Å². The summed E-state index contributed by atoms with van der Waals surface area (Å²) >= 11 is 1.02. The molecule has 2 aromatic heterocycles. The number of nitro groups is 1. The van der Waals surface area contributed by atoms with Crippen LogP contribution >= 0.6 is 11.3 Å². The molecule has 1 N–H and O–H groups in total. The van der Waals surface area contributed by atoms with Gasteiger partial charge in [0.05, 0.1) is 17.7 Å². The lowest BCUT2D eigenvalue weighted by molar-refractivity contribution is -0.385. The third-order valence-corrected chi connectivity index (χ3v) is 4.36. The number of nitrogens with zero attached hydrogens (tertiary/aromatic N) is 4. The maximum Gasteiger partial charge on any atom is 0.286 e. The molecule has 0 saturated carbocycles. The molecule has 9 nitrogen and oxygen atoms in total. The summed E-state index contributed by atoms with van der Waals surface area (Å²) in [6, 6.07) is 9.55. The smallest absolute Gasteiger partial charge is 0.286 e. The molecular formula is C16H13N5O4S. The summed E-state index contributed by atoms with van der Waals surface area (Å²) in [4.78, 5) is 34.3. The zero-order valence-electron chi connectivity index (χ0n) is 13.6. The molecule has 0 saturated heterocycles. The van der Waals surface area contributed by atoms with Gasteiger partial charge in [0.25, 0.3) is 17.2 Å². The van der Waals surface area contributed by atoms with Gasteiger partial charge < -0.3 is 9.88 Å². The molecule has 0 aliphatic rings. The number of hydrogen-bond acceptors (Lipinski definition) is 7. The molecule has 3 rings (SSSR count). The average Bonchev–Trinajstić information content (AvgIpc) is 3.07. The largest absolute Gasteiger partial charge is 0.320 e. The van der Waals surface area contributed by atoms with Crippen LogP contribution in [0.25, 0.3) is 0 Å². The Morgan fingerprint density at radius 1 is 1.23 bits per heavy atom. The highest BCUT2D eigenvalue weighted by atomic mass is 32.1. The SMILES string of the molecule is Cc1ccc(NC(=O)c2nnc(Cn3cc([N+](=O)[O-])ccc3=O)s2)cc1. The first-order chi connectivity index (χ1) is 12.4. The second kappa shape index (κ2) is 7.23. The Morgan fingerprint density at radius 2 is 1.96 bits per heavy atom. The Labute approximate surface area is 151 Å². The summed E-state index contributed by atoms with van der Waals surface area (Å²) in [7, 11) is 0. The van der Waals surface area contributed by atoms with Crippen LogP contribution in [0.3, 0.4) is 0 Å². The summed E-state index contributed by atoms with van der Waals surface area (Å²) in [5.41, 5.74) is 1.10. The minimum atomic E-state index is -0.587. The van der Waals surface area contributed by atoms with Crippen LogP contribution < -0.4 is 10.9 Å². The molecule has 0 spiro atoms. The molecule has 2 heterocycles. The van der Waals surface area contributed by atoms with Crippen LogP contribution in [-0.4, -0.2) is 25.6 Å². The van der Waals surface area contributed by atoms with Crippen molar-refractivity contribution in [2.75, 3.05) is 5.32 Å². The average molecular weight is 371 g/mol. The van der Waals surface area contributed by atoms with E-state index in [2.05, 4.69) is 15.5 Å². The maximum absolute atomic E-state index is 12.2. The number of pyridine rings is 1. The monoisotopic (exact) mass is 371 g/mol. The number of aromatic nitrogens is 3. The number of amides is 1. The number of rotatable bonds is 5. The quantitative estimate of drug-likeness (QED) is 0.542. The van der Waals surface area contributed by atoms with Crippen LogP contribution in [0.5, 0.6) is 0 Å². The third kappa shape index (κ3) is 3.98. The van der Waals surface area contributed by atoms with Gasteiger partial charge in [-0.1, -0.05) is 29.0 Å². The van der Waals surface area contributed by atoms with E-state index >= 15 is 0 Å². The molecule has 1 aromatic carbocycles. The van der Waals surface area contributed by atoms with Crippen LogP contribution in [0.4, 0.5) is 11.4 Å². The highest BCUT2D eigenvalue weighted by molar-refractivity contribution is 7.13. The van der Waals surface area contributed by atoms with Gasteiger partial charge in [-0.2, -0.15) is 0 Å². The summed E-state index contributed by atoms with van der Waals surface area (Å²) < 4.78 is 1.15. The van der Waals surface area contributed by atoms with E-state index in [0.29, 0.717) is 10.7 Å². The van der Waals surface area contributed by atoms with E-state index in [1.54, 1.807) is 12.1 Å². The molecule has 10 heteroatoms. The Bertz CT molecular complexity index is 1030. The second-order valence-electron chi connectivity index (χ2n) is 5.43. The van der Waals surface area contributed by atoms with Crippen molar-refractivity contribution >= 4 is 28.6 Å². The number of benzene rings is 1. The van der Waals surface area contributed by atoms with E-state index < -0.39 is 16.4 Å². The summed E-state index contributed by atoms with van der Waals surface area (Å²) in [6.45, 7) is 1.94. The lowest BCUT2D eigenvalue weighted by Crippen LogP contribution is -2.19. The zero-order chi connectivity index (χ0) is 18.7. The van der Waals surface area contributed by atoms with Gasteiger partial charge in [-0.3, -0.25) is 19.7 Å². The van der Waals surface area contributed by atoms with Gasteiger partial charge in [0.15, 0.2) is 0 Å². The molecular weight excluding hydrogens is 358 g/mol. The molecule has 0 fully saturated rings. The van der Waals surface area contributed by atoms with E-state index in [9.17, 15) is 19.7 Å². The number of aryl methyl sites for hydroxylation is 1. The second-order valence-corrected chi connectivity index (χ2v) is 6.49. The van der Waals surface area contributed by atoms with Crippen molar-refractivity contribution < 1.29 is 9.72 Å². The Balaban J connectivity index is 1.74. The summed E-state index contributed by atoms with van der Waals surface area (Å²) in [6.07, 6.45) is 1.13. The van der Waals surface area contributed by atoms with Gasteiger partial charge in [0.2, 0.25) is 5.01 Å². The fourth-order valence-corrected chi connectivity index (χ4v) is 2.86. The van der Waals surface area contributed by atoms with Crippen molar-refractivity contribution in [3.63, 3.8) is 0 Å². The Hall–Kier alpha value is -3.40. The van der Waals surface area contributed by atoms with Crippen LogP contribution in [-0.2, 0) is 6.54 Å². The minimum Gasteiger partial charge on any atom is -0.320 e. The van der Waals surface area contributed by atoms with Crippen molar-refractivity contribution in [2.45, 2.75) is 13.5 Å². The van der Waals surface area contributed by atoms with Gasteiger partial charge in [-0.25, -0.2) is 0 Å². The molecule has 0 aliphatic heterocycles. The van der Waals surface area contributed by atoms with Crippen molar-refractivity contribution in [1.82, 2.24) is 14.8 Å². The van der Waals surface area contributed by atoms with Gasteiger partial charge in [-0.15, -0.1) is 10.2 Å². The standard InChI is InChI=1S/C16H13N5O4S/c1-10-2-4-11(5-3-10)17-15(23)16-19-18-13(26-16)9-20-8-12(21(24)25)6-7-14(20)22/h2-8H,9H2,1H3,(H,17,23).